The van der Waals surface area contributed by atoms with Gasteiger partial charge in [-0.05, 0) is 47.9 Å². The maximum Gasteiger partial charge on any atom is 1.00 e. The Kier molecular flexibility index (Phi) is 12.0. The summed E-state index contributed by atoms with van der Waals surface area (Å²) in [5, 5.41) is 0. The molecule has 4 aliphatic heterocycles. The Hall–Kier alpha value is -1.14. The summed E-state index contributed by atoms with van der Waals surface area (Å²) in [6, 6.07) is 17.4. The van der Waals surface area contributed by atoms with E-state index in [0.29, 0.717) is 0 Å². The number of ether oxygens (including phenoxy) is 2. The van der Waals surface area contributed by atoms with E-state index in [2.05, 4.69) is 63.2 Å². The van der Waals surface area contributed by atoms with E-state index in [4.69, 9.17) is 21.8 Å². The third-order valence-electron chi connectivity index (χ3n) is 8.83. The Bertz CT molecular complexity index is 1070. The average Bonchev–Trinajstić information content (AvgIpc) is 2.97. The Morgan fingerprint density at radius 2 is 1.21 bits per heavy atom. The van der Waals surface area contributed by atoms with Crippen LogP contribution in [0.4, 0.5) is 0 Å². The monoisotopic (exact) mass is 526 g/mol. The first-order valence-electron chi connectivity index (χ1n) is 13.6. The van der Waals surface area contributed by atoms with Crippen LogP contribution < -0.4 is 24.6 Å². The van der Waals surface area contributed by atoms with Crippen LogP contribution in [0.3, 0.4) is 0 Å². The van der Waals surface area contributed by atoms with Crippen molar-refractivity contribution >= 4 is 17.4 Å². The summed E-state index contributed by atoms with van der Waals surface area (Å²) >= 11 is 0. The summed E-state index contributed by atoms with van der Waals surface area (Å²) in [7, 11) is 0. The molecule has 0 amide bonds. The molecule has 0 radical (unpaired) electrons. The maximum atomic E-state index is 7.59. The predicted molar refractivity (Wildman–Crippen MR) is 153 cm³/mol. The number of benzene rings is 2. The molecule has 2 aromatic carbocycles. The molecule has 0 bridgehead atoms. The summed E-state index contributed by atoms with van der Waals surface area (Å²) in [6.07, 6.45) is 6.06. The summed E-state index contributed by atoms with van der Waals surface area (Å²) in [5.41, 5.74) is 11.8. The van der Waals surface area contributed by atoms with Gasteiger partial charge in [0.1, 0.15) is 0 Å². The van der Waals surface area contributed by atoms with Crippen molar-refractivity contribution in [2.75, 3.05) is 46.1 Å². The van der Waals surface area contributed by atoms with Crippen molar-refractivity contribution in [3.63, 3.8) is 0 Å². The van der Waals surface area contributed by atoms with Gasteiger partial charge in [0.05, 0.1) is 26.1 Å². The quantitative estimate of drug-likeness (QED) is 0.450. The minimum atomic E-state index is -0.314. The third kappa shape index (κ3) is 6.77. The molecule has 2 aromatic rings. The molecule has 0 atom stereocenters. The fraction of sp³-hybridized carbons (Fsp3) is 0.567. The van der Waals surface area contributed by atoms with Crippen LogP contribution in [-0.4, -0.2) is 84.4 Å². The zero-order chi connectivity index (χ0) is 24.8. The molecule has 0 unspecified atom stereocenters. The molecule has 38 heavy (non-hydrogen) atoms. The predicted octanol–water partition coefficient (Wildman–Crippen LogP) is -0.0441. The smallest absolute Gasteiger partial charge is 1.00 e. The summed E-state index contributed by atoms with van der Waals surface area (Å²) in [4.78, 5) is 8.93. The van der Waals surface area contributed by atoms with Gasteiger partial charge in [0.25, 0.3) is 5.66 Å². The largest absolute Gasteiger partial charge is 1.00 e. The van der Waals surface area contributed by atoms with E-state index in [1.54, 1.807) is 0 Å². The van der Waals surface area contributed by atoms with Crippen molar-refractivity contribution in [3.05, 3.63) is 82.2 Å². The number of hydrogen-bond donors (Lipinski definition) is 1. The third-order valence-corrected chi connectivity index (χ3v) is 8.83. The average molecular weight is 527 g/mol. The summed E-state index contributed by atoms with van der Waals surface area (Å²) in [5.74, 6) is 0. The van der Waals surface area contributed by atoms with Gasteiger partial charge in [-0.15, -0.1) is 0 Å². The van der Waals surface area contributed by atoms with Crippen LogP contribution in [0.25, 0.3) is 4.85 Å². The molecule has 0 saturated carbocycles. The van der Waals surface area contributed by atoms with E-state index in [-0.39, 0.29) is 48.9 Å². The van der Waals surface area contributed by atoms with Crippen LogP contribution in [0.15, 0.2) is 48.5 Å². The molecule has 4 heterocycles. The fourth-order valence-corrected chi connectivity index (χ4v) is 6.35. The number of nitrogens with two attached hydrogens (primary N) is 1. The minimum absolute atomic E-state index is 0. The number of fused-ring (bicyclic) bond motifs is 2. The van der Waals surface area contributed by atoms with Gasteiger partial charge >= 0.3 is 18.9 Å². The zero-order valence-corrected chi connectivity index (χ0v) is 22.5. The minimum Gasteiger partial charge on any atom is -1.00 e. The molecule has 4 aliphatic rings. The molecule has 2 saturated heterocycles. The molecule has 2 fully saturated rings. The van der Waals surface area contributed by atoms with Gasteiger partial charge < -0.3 is 16.6 Å². The molecule has 0 aromatic heterocycles. The van der Waals surface area contributed by atoms with E-state index in [0.717, 1.165) is 97.7 Å². The van der Waals surface area contributed by atoms with E-state index < -0.39 is 0 Å². The normalized spacial score (nSPS) is 22.1. The van der Waals surface area contributed by atoms with Gasteiger partial charge in [-0.25, -0.2) is 11.5 Å². The zero-order valence-electron chi connectivity index (χ0n) is 23.5. The van der Waals surface area contributed by atoms with Gasteiger partial charge in [0.15, 0.2) is 17.4 Å². The number of hydrogen-bond acceptors (Lipinski definition) is 5. The van der Waals surface area contributed by atoms with Crippen molar-refractivity contribution in [1.82, 2.24) is 9.80 Å². The molecule has 200 valence electrons. The Balaban J connectivity index is 0.000000254. The first-order valence-corrected chi connectivity index (χ1v) is 13.6. The molecule has 0 aliphatic carbocycles. The van der Waals surface area contributed by atoms with E-state index >= 15 is 0 Å². The summed E-state index contributed by atoms with van der Waals surface area (Å²) in [6.45, 7) is 15.6. The second kappa shape index (κ2) is 14.5. The van der Waals surface area contributed by atoms with Crippen LogP contribution >= 0.6 is 0 Å². The first kappa shape index (κ1) is 31.4. The Labute approximate surface area is 252 Å². The van der Waals surface area contributed by atoms with Gasteiger partial charge in [-0.3, -0.25) is 9.74 Å². The van der Waals surface area contributed by atoms with Crippen molar-refractivity contribution in [2.45, 2.75) is 62.8 Å². The van der Waals surface area contributed by atoms with Crippen LogP contribution in [-0.2, 0) is 35.4 Å². The van der Waals surface area contributed by atoms with Crippen LogP contribution in [0.5, 0.6) is 0 Å². The standard InChI is InChI=1S/C15H18N2O.C15H22N2O.Al.Li.4H/c1-16-15(7-10-18-11-8-15)17-9-6-13-4-2-3-5-14(13)12-17;16-12-15(6-9-18-10-7-15)17-8-5-13-3-1-2-4-14(13)11-17;;;;;;/h2-5H,6-12H2;1-4H,5-12,16H2;;;;;;/q;;;+1;;;;-1. The van der Waals surface area contributed by atoms with Crippen molar-refractivity contribution < 1.29 is 29.8 Å². The maximum absolute atomic E-state index is 7.59. The molecular weight excluding hydrogens is 482 g/mol. The van der Waals surface area contributed by atoms with Gasteiger partial charge in [0.2, 0.25) is 0 Å². The molecular formula is C30H44AlLiN4O2. The molecule has 8 heteroatoms. The van der Waals surface area contributed by atoms with E-state index in [1.807, 2.05) is 0 Å². The molecule has 6 rings (SSSR count). The van der Waals surface area contributed by atoms with E-state index in [9.17, 15) is 0 Å². The molecule has 0 spiro atoms. The Morgan fingerprint density at radius 1 is 0.763 bits per heavy atom. The number of nitrogens with zero attached hydrogens (tertiary/aromatic N) is 3. The summed E-state index contributed by atoms with van der Waals surface area (Å²) < 4.78 is 10.9. The van der Waals surface area contributed by atoms with Gasteiger partial charge in [-0.2, -0.15) is 0 Å². The molecule has 6 nitrogen and oxygen atoms in total. The van der Waals surface area contributed by atoms with Gasteiger partial charge in [0, 0.05) is 51.5 Å². The SMILES string of the molecule is NCC1(N2CCc3ccccc3C2)CCOCC1.[AlH3].[C-]#[N+]C1(N2CCc3ccccc3C2)CCOCC1.[H-].[Li+]. The van der Waals surface area contributed by atoms with E-state index in [1.165, 1.54) is 22.3 Å². The fourth-order valence-electron chi connectivity index (χ4n) is 6.35. The topological polar surface area (TPSA) is 55.3 Å². The first-order chi connectivity index (χ1) is 17.7. The van der Waals surface area contributed by atoms with Crippen LogP contribution in [0, 0.1) is 6.57 Å². The van der Waals surface area contributed by atoms with Crippen LogP contribution in [0.2, 0.25) is 0 Å². The molecule has 2 N–H and O–H groups in total. The number of rotatable bonds is 3. The van der Waals surface area contributed by atoms with Crippen molar-refractivity contribution in [1.29, 1.82) is 0 Å². The van der Waals surface area contributed by atoms with Crippen molar-refractivity contribution in [2.24, 2.45) is 5.73 Å². The van der Waals surface area contributed by atoms with Crippen molar-refractivity contribution in [3.8, 4) is 0 Å². The van der Waals surface area contributed by atoms with Gasteiger partial charge in [-0.1, -0.05) is 48.5 Å². The van der Waals surface area contributed by atoms with Crippen LogP contribution in [0.1, 0.15) is 49.4 Å². The second-order valence-corrected chi connectivity index (χ2v) is 10.6. The Morgan fingerprint density at radius 3 is 1.71 bits per heavy atom. The second-order valence-electron chi connectivity index (χ2n) is 10.6.